The fourth-order valence-corrected chi connectivity index (χ4v) is 3.24. The van der Waals surface area contributed by atoms with Crippen LogP contribution in [-0.4, -0.2) is 24.9 Å². The molecule has 1 aromatic carbocycles. The first-order valence-electron chi connectivity index (χ1n) is 8.62. The maximum Gasteiger partial charge on any atom is 0.277 e. The fourth-order valence-electron chi connectivity index (χ4n) is 3.24. The second kappa shape index (κ2) is 6.75. The lowest BCUT2D eigenvalue weighted by Crippen LogP contribution is -2.24. The molecule has 0 radical (unpaired) electrons. The largest absolute Gasteiger partial charge is 0.304 e. The Hall–Kier alpha value is -3.35. The SMILES string of the molecule is Cc1ccnc(CC(=O)CCn2c(=O)c3ccnn3c3ccc(F)cc32)c1. The molecule has 0 saturated heterocycles. The van der Waals surface area contributed by atoms with E-state index in [9.17, 15) is 14.0 Å². The third kappa shape index (κ3) is 3.23. The van der Waals surface area contributed by atoms with Crippen LogP contribution in [0.1, 0.15) is 17.7 Å². The maximum atomic E-state index is 13.8. The minimum atomic E-state index is -0.447. The van der Waals surface area contributed by atoms with Gasteiger partial charge >= 0.3 is 0 Å². The number of benzene rings is 1. The van der Waals surface area contributed by atoms with Gasteiger partial charge in [-0.25, -0.2) is 8.91 Å². The summed E-state index contributed by atoms with van der Waals surface area (Å²) in [7, 11) is 0. The summed E-state index contributed by atoms with van der Waals surface area (Å²) in [6, 6.07) is 9.55. The van der Waals surface area contributed by atoms with Crippen molar-refractivity contribution in [2.45, 2.75) is 26.3 Å². The number of carbonyl (C=O) groups excluding carboxylic acids is 1. The van der Waals surface area contributed by atoms with E-state index < -0.39 is 5.82 Å². The predicted octanol–water partition coefficient (Wildman–Crippen LogP) is 2.69. The van der Waals surface area contributed by atoms with Gasteiger partial charge in [0, 0.05) is 31.3 Å². The summed E-state index contributed by atoms with van der Waals surface area (Å²) in [5.41, 5.74) is 2.86. The smallest absolute Gasteiger partial charge is 0.277 e. The molecule has 3 aromatic heterocycles. The molecule has 3 heterocycles. The van der Waals surface area contributed by atoms with Crippen LogP contribution in [0, 0.1) is 12.7 Å². The molecule has 0 aliphatic heterocycles. The highest BCUT2D eigenvalue weighted by atomic mass is 19.1. The predicted molar refractivity (Wildman–Crippen MR) is 99.2 cm³/mol. The molecule has 7 heteroatoms. The molecular formula is C20H17FN4O2. The minimum absolute atomic E-state index is 0.0297. The van der Waals surface area contributed by atoms with Crippen LogP contribution in [0.2, 0.25) is 0 Å². The van der Waals surface area contributed by atoms with E-state index >= 15 is 0 Å². The molecule has 0 spiro atoms. The van der Waals surface area contributed by atoms with E-state index in [0.29, 0.717) is 22.2 Å². The highest BCUT2D eigenvalue weighted by molar-refractivity contribution is 5.81. The number of aryl methyl sites for hydroxylation is 2. The molecular weight excluding hydrogens is 347 g/mol. The molecule has 4 aromatic rings. The monoisotopic (exact) mass is 364 g/mol. The van der Waals surface area contributed by atoms with Crippen molar-refractivity contribution in [2.75, 3.05) is 0 Å². The molecule has 4 rings (SSSR count). The Morgan fingerprint density at radius 1 is 1.07 bits per heavy atom. The van der Waals surface area contributed by atoms with Crippen molar-refractivity contribution in [1.82, 2.24) is 19.2 Å². The maximum absolute atomic E-state index is 13.8. The molecule has 0 unspecified atom stereocenters. The van der Waals surface area contributed by atoms with Gasteiger partial charge in [-0.05, 0) is 48.9 Å². The van der Waals surface area contributed by atoms with Crippen molar-refractivity contribution in [2.24, 2.45) is 0 Å². The van der Waals surface area contributed by atoms with Gasteiger partial charge in [0.2, 0.25) is 0 Å². The van der Waals surface area contributed by atoms with E-state index in [4.69, 9.17) is 0 Å². The number of ketones is 1. The Kier molecular flexibility index (Phi) is 4.27. The summed E-state index contributed by atoms with van der Waals surface area (Å²) >= 11 is 0. The van der Waals surface area contributed by atoms with Gasteiger partial charge in [-0.2, -0.15) is 5.10 Å². The summed E-state index contributed by atoms with van der Waals surface area (Å²) in [6.07, 6.45) is 3.56. The fraction of sp³-hybridized carbons (Fsp3) is 0.200. The number of fused-ring (bicyclic) bond motifs is 3. The van der Waals surface area contributed by atoms with Gasteiger partial charge in [-0.1, -0.05) is 0 Å². The molecule has 0 saturated carbocycles. The van der Waals surface area contributed by atoms with Gasteiger partial charge in [0.25, 0.3) is 5.56 Å². The van der Waals surface area contributed by atoms with Crippen molar-refractivity contribution < 1.29 is 9.18 Å². The van der Waals surface area contributed by atoms with Crippen molar-refractivity contribution in [1.29, 1.82) is 0 Å². The number of carbonyl (C=O) groups is 1. The standard InChI is InChI=1S/C20H17FN4O2/c1-13-4-7-22-15(10-13)12-16(26)6-9-24-19-11-14(21)2-3-17(19)25-18(20(24)27)5-8-23-25/h2-5,7-8,10-11H,6,9,12H2,1H3. The Balaban J connectivity index is 1.66. The molecule has 0 bridgehead atoms. The quantitative estimate of drug-likeness (QED) is 0.546. The number of aromatic nitrogens is 4. The van der Waals surface area contributed by atoms with E-state index in [0.717, 1.165) is 5.56 Å². The normalized spacial score (nSPS) is 11.3. The molecule has 27 heavy (non-hydrogen) atoms. The second-order valence-electron chi connectivity index (χ2n) is 6.51. The Morgan fingerprint density at radius 3 is 2.74 bits per heavy atom. The summed E-state index contributed by atoms with van der Waals surface area (Å²) in [5.74, 6) is -0.477. The van der Waals surface area contributed by atoms with Crippen molar-refractivity contribution in [3.05, 3.63) is 76.2 Å². The van der Waals surface area contributed by atoms with Crippen molar-refractivity contribution in [3.8, 4) is 0 Å². The number of halogens is 1. The molecule has 0 atom stereocenters. The van der Waals surface area contributed by atoms with Gasteiger partial charge in [0.15, 0.2) is 0 Å². The molecule has 136 valence electrons. The lowest BCUT2D eigenvalue weighted by Gasteiger charge is -2.12. The van der Waals surface area contributed by atoms with E-state index in [1.807, 2.05) is 19.1 Å². The summed E-state index contributed by atoms with van der Waals surface area (Å²) in [5, 5.41) is 4.14. The van der Waals surface area contributed by atoms with Crippen LogP contribution in [0.5, 0.6) is 0 Å². The average molecular weight is 364 g/mol. The topological polar surface area (TPSA) is 69.3 Å². The van der Waals surface area contributed by atoms with Gasteiger partial charge in [0.05, 0.1) is 17.2 Å². The molecule has 0 fully saturated rings. The second-order valence-corrected chi connectivity index (χ2v) is 6.51. The highest BCUT2D eigenvalue weighted by Crippen LogP contribution is 2.16. The number of pyridine rings is 1. The third-order valence-corrected chi connectivity index (χ3v) is 4.53. The lowest BCUT2D eigenvalue weighted by molar-refractivity contribution is -0.118. The summed E-state index contributed by atoms with van der Waals surface area (Å²) < 4.78 is 16.7. The summed E-state index contributed by atoms with van der Waals surface area (Å²) in [4.78, 5) is 29.4. The Morgan fingerprint density at radius 2 is 1.93 bits per heavy atom. The average Bonchev–Trinajstić information content (AvgIpc) is 3.11. The van der Waals surface area contributed by atoms with Crippen LogP contribution in [0.25, 0.3) is 16.6 Å². The minimum Gasteiger partial charge on any atom is -0.304 e. The molecule has 0 aliphatic rings. The van der Waals surface area contributed by atoms with E-state index in [2.05, 4.69) is 10.1 Å². The van der Waals surface area contributed by atoms with Crippen molar-refractivity contribution >= 4 is 22.3 Å². The zero-order chi connectivity index (χ0) is 19.0. The lowest BCUT2D eigenvalue weighted by atomic mass is 10.1. The molecule has 6 nitrogen and oxygen atoms in total. The molecule has 0 amide bonds. The zero-order valence-corrected chi connectivity index (χ0v) is 14.7. The van der Waals surface area contributed by atoms with Gasteiger partial charge in [-0.3, -0.25) is 14.6 Å². The Bertz CT molecular complexity index is 1230. The van der Waals surface area contributed by atoms with E-state index in [1.165, 1.54) is 27.4 Å². The van der Waals surface area contributed by atoms with Crippen LogP contribution in [-0.2, 0) is 17.8 Å². The summed E-state index contributed by atoms with van der Waals surface area (Å²) in [6.45, 7) is 2.11. The zero-order valence-electron chi connectivity index (χ0n) is 14.7. The van der Waals surface area contributed by atoms with Crippen LogP contribution in [0.3, 0.4) is 0 Å². The first-order valence-corrected chi connectivity index (χ1v) is 8.62. The van der Waals surface area contributed by atoms with Crippen LogP contribution < -0.4 is 5.56 Å². The van der Waals surface area contributed by atoms with Gasteiger partial charge < -0.3 is 4.57 Å². The van der Waals surface area contributed by atoms with Crippen molar-refractivity contribution in [3.63, 3.8) is 0 Å². The first-order chi connectivity index (χ1) is 13.0. The molecule has 0 aliphatic carbocycles. The number of hydrogen-bond donors (Lipinski definition) is 0. The Labute approximate surface area is 153 Å². The van der Waals surface area contributed by atoms with E-state index in [1.54, 1.807) is 18.3 Å². The van der Waals surface area contributed by atoms with Crippen LogP contribution in [0.15, 0.2) is 53.6 Å². The number of nitrogens with zero attached hydrogens (tertiary/aromatic N) is 4. The number of Topliss-reactive ketones (excluding diaryl/α,β-unsaturated/α-hetero) is 1. The first kappa shape index (κ1) is 17.1. The van der Waals surface area contributed by atoms with Gasteiger partial charge in [-0.15, -0.1) is 0 Å². The van der Waals surface area contributed by atoms with Gasteiger partial charge in [0.1, 0.15) is 17.1 Å². The molecule has 0 N–H and O–H groups in total. The number of rotatable bonds is 5. The third-order valence-electron chi connectivity index (χ3n) is 4.53. The van der Waals surface area contributed by atoms with E-state index in [-0.39, 0.29) is 30.7 Å². The van der Waals surface area contributed by atoms with Crippen LogP contribution >= 0.6 is 0 Å². The number of hydrogen-bond acceptors (Lipinski definition) is 4. The van der Waals surface area contributed by atoms with Crippen LogP contribution in [0.4, 0.5) is 4.39 Å². The highest BCUT2D eigenvalue weighted by Gasteiger charge is 2.14.